The molecule has 3 aromatic rings. The molecule has 0 bridgehead atoms. The van der Waals surface area contributed by atoms with Crippen LogP contribution in [0.4, 0.5) is 5.69 Å². The van der Waals surface area contributed by atoms with Crippen LogP contribution in [0.25, 0.3) is 0 Å². The molecule has 1 N–H and O–H groups in total. The molecule has 0 aliphatic carbocycles. The fourth-order valence-corrected chi connectivity index (χ4v) is 1.94. The Bertz CT molecular complexity index is 785. The molecule has 23 heavy (non-hydrogen) atoms. The summed E-state index contributed by atoms with van der Waals surface area (Å²) in [6, 6.07) is 14.5. The summed E-state index contributed by atoms with van der Waals surface area (Å²) in [5, 5.41) is 2.75. The van der Waals surface area contributed by atoms with Gasteiger partial charge in [0.1, 0.15) is 5.75 Å². The monoisotopic (exact) mass is 305 g/mol. The second-order valence-electron chi connectivity index (χ2n) is 5.00. The third-order valence-electron chi connectivity index (χ3n) is 3.16. The van der Waals surface area contributed by atoms with Gasteiger partial charge in [-0.15, -0.1) is 0 Å². The van der Waals surface area contributed by atoms with E-state index in [4.69, 9.17) is 4.74 Å². The van der Waals surface area contributed by atoms with Crippen LogP contribution in [-0.4, -0.2) is 15.9 Å². The molecule has 5 heteroatoms. The van der Waals surface area contributed by atoms with E-state index >= 15 is 0 Å². The first-order chi connectivity index (χ1) is 11.2. The third-order valence-corrected chi connectivity index (χ3v) is 3.16. The quantitative estimate of drug-likeness (QED) is 0.795. The van der Waals surface area contributed by atoms with Crippen LogP contribution in [0, 0.1) is 6.92 Å². The van der Waals surface area contributed by atoms with Gasteiger partial charge in [0.2, 0.25) is 5.88 Å². The summed E-state index contributed by atoms with van der Waals surface area (Å²) < 4.78 is 5.63. The number of benzene rings is 1. The van der Waals surface area contributed by atoms with Crippen LogP contribution in [0.15, 0.2) is 67.1 Å². The van der Waals surface area contributed by atoms with Gasteiger partial charge in [-0.1, -0.05) is 17.7 Å². The van der Waals surface area contributed by atoms with Crippen molar-refractivity contribution in [3.8, 4) is 11.6 Å². The second kappa shape index (κ2) is 6.70. The fraction of sp³-hybridized carbons (Fsp3) is 0.0556. The minimum Gasteiger partial charge on any atom is -0.439 e. The lowest BCUT2D eigenvalue weighted by Crippen LogP contribution is -2.12. The lowest BCUT2D eigenvalue weighted by Gasteiger charge is -2.07. The predicted octanol–water partition coefficient (Wildman–Crippen LogP) is 3.83. The van der Waals surface area contributed by atoms with Crippen LogP contribution in [0.5, 0.6) is 11.6 Å². The molecule has 2 aromatic heterocycles. The first kappa shape index (κ1) is 14.7. The van der Waals surface area contributed by atoms with Crippen molar-refractivity contribution in [3.05, 3.63) is 78.2 Å². The van der Waals surface area contributed by atoms with Gasteiger partial charge < -0.3 is 10.1 Å². The van der Waals surface area contributed by atoms with Crippen LogP contribution in [0.2, 0.25) is 0 Å². The molecule has 0 aliphatic rings. The van der Waals surface area contributed by atoms with Crippen LogP contribution in [-0.2, 0) is 0 Å². The maximum absolute atomic E-state index is 12.1. The average Bonchev–Trinajstić information content (AvgIpc) is 2.58. The zero-order chi connectivity index (χ0) is 16.1. The summed E-state index contributed by atoms with van der Waals surface area (Å²) in [5.41, 5.74) is 2.25. The topological polar surface area (TPSA) is 64.1 Å². The van der Waals surface area contributed by atoms with Gasteiger partial charge in [0, 0.05) is 18.5 Å². The Hall–Kier alpha value is -3.21. The van der Waals surface area contributed by atoms with E-state index in [0.717, 1.165) is 5.56 Å². The fourth-order valence-electron chi connectivity index (χ4n) is 1.94. The predicted molar refractivity (Wildman–Crippen MR) is 87.7 cm³/mol. The molecule has 0 radical (unpaired) electrons. The Morgan fingerprint density at radius 2 is 1.87 bits per heavy atom. The number of carbonyl (C=O) groups is 1. The molecule has 1 aromatic carbocycles. The van der Waals surface area contributed by atoms with Crippen LogP contribution < -0.4 is 10.1 Å². The maximum Gasteiger partial charge on any atom is 0.257 e. The second-order valence-corrected chi connectivity index (χ2v) is 5.00. The lowest BCUT2D eigenvalue weighted by atomic mass is 10.2. The number of hydrogen-bond donors (Lipinski definition) is 1. The summed E-state index contributed by atoms with van der Waals surface area (Å²) >= 11 is 0. The molecule has 114 valence electrons. The van der Waals surface area contributed by atoms with Gasteiger partial charge in [0.15, 0.2) is 0 Å². The van der Waals surface area contributed by atoms with Crippen molar-refractivity contribution in [2.24, 2.45) is 0 Å². The van der Waals surface area contributed by atoms with Gasteiger partial charge in [-0.05, 0) is 37.3 Å². The van der Waals surface area contributed by atoms with E-state index in [9.17, 15) is 4.79 Å². The summed E-state index contributed by atoms with van der Waals surface area (Å²) in [6.07, 6.45) is 4.71. The molecule has 0 aliphatic heterocycles. The van der Waals surface area contributed by atoms with E-state index in [0.29, 0.717) is 22.9 Å². The highest BCUT2D eigenvalue weighted by Crippen LogP contribution is 2.20. The maximum atomic E-state index is 12.1. The van der Waals surface area contributed by atoms with Gasteiger partial charge in [-0.3, -0.25) is 9.78 Å². The summed E-state index contributed by atoms with van der Waals surface area (Å²) in [5.74, 6) is 0.898. The first-order valence-corrected chi connectivity index (χ1v) is 7.13. The molecule has 0 unspecified atom stereocenters. The normalized spacial score (nSPS) is 10.1. The average molecular weight is 305 g/mol. The van der Waals surface area contributed by atoms with Crippen molar-refractivity contribution in [3.63, 3.8) is 0 Å². The zero-order valence-corrected chi connectivity index (χ0v) is 12.6. The van der Waals surface area contributed by atoms with E-state index in [-0.39, 0.29) is 5.91 Å². The highest BCUT2D eigenvalue weighted by Gasteiger charge is 2.07. The van der Waals surface area contributed by atoms with Crippen molar-refractivity contribution < 1.29 is 9.53 Å². The summed E-state index contributed by atoms with van der Waals surface area (Å²) in [4.78, 5) is 20.2. The smallest absolute Gasteiger partial charge is 0.257 e. The van der Waals surface area contributed by atoms with E-state index in [1.54, 1.807) is 36.7 Å². The third kappa shape index (κ3) is 3.91. The zero-order valence-electron chi connectivity index (χ0n) is 12.6. The van der Waals surface area contributed by atoms with E-state index < -0.39 is 0 Å². The molecule has 2 heterocycles. The molecular formula is C18H15N3O2. The minimum atomic E-state index is -0.243. The van der Waals surface area contributed by atoms with Gasteiger partial charge >= 0.3 is 0 Å². The number of nitrogens with one attached hydrogen (secondary N) is 1. The van der Waals surface area contributed by atoms with Crippen molar-refractivity contribution in [2.75, 3.05) is 5.32 Å². The van der Waals surface area contributed by atoms with Crippen LogP contribution in [0.1, 0.15) is 15.9 Å². The Labute approximate surface area is 134 Å². The highest BCUT2D eigenvalue weighted by molar-refractivity contribution is 6.03. The number of amides is 1. The summed E-state index contributed by atoms with van der Waals surface area (Å²) in [6.45, 7) is 2.01. The molecule has 0 saturated carbocycles. The molecule has 0 fully saturated rings. The van der Waals surface area contributed by atoms with E-state index in [1.165, 1.54) is 6.20 Å². The molecule has 0 atom stereocenters. The molecule has 5 nitrogen and oxygen atoms in total. The van der Waals surface area contributed by atoms with Crippen LogP contribution >= 0.6 is 0 Å². The molecular weight excluding hydrogens is 290 g/mol. The van der Waals surface area contributed by atoms with Gasteiger partial charge in [0.25, 0.3) is 5.91 Å². The molecule has 0 spiro atoms. The Morgan fingerprint density at radius 3 is 2.52 bits per heavy atom. The number of aryl methyl sites for hydroxylation is 1. The molecule has 3 rings (SSSR count). The number of hydrogen-bond acceptors (Lipinski definition) is 4. The molecule has 1 amide bonds. The Morgan fingerprint density at radius 1 is 1.04 bits per heavy atom. The van der Waals surface area contributed by atoms with Crippen molar-refractivity contribution in [1.82, 2.24) is 9.97 Å². The van der Waals surface area contributed by atoms with E-state index in [1.807, 2.05) is 31.2 Å². The number of nitrogens with zero attached hydrogens (tertiary/aromatic N) is 2. The van der Waals surface area contributed by atoms with Crippen LogP contribution in [0.3, 0.4) is 0 Å². The van der Waals surface area contributed by atoms with Gasteiger partial charge in [0.05, 0.1) is 17.4 Å². The standard InChI is InChI=1S/C18H15N3O2/c1-13-4-7-16(8-5-13)23-17-9-6-14(11-20-17)18(22)21-15-3-2-10-19-12-15/h2-12H,1H3,(H,21,22). The highest BCUT2D eigenvalue weighted by atomic mass is 16.5. The van der Waals surface area contributed by atoms with Crippen molar-refractivity contribution in [2.45, 2.75) is 6.92 Å². The van der Waals surface area contributed by atoms with Crippen molar-refractivity contribution >= 4 is 11.6 Å². The first-order valence-electron chi connectivity index (χ1n) is 7.13. The number of aromatic nitrogens is 2. The van der Waals surface area contributed by atoms with Gasteiger partial charge in [-0.2, -0.15) is 0 Å². The Balaban J connectivity index is 1.66. The van der Waals surface area contributed by atoms with Gasteiger partial charge in [-0.25, -0.2) is 4.98 Å². The number of anilines is 1. The Kier molecular flexibility index (Phi) is 4.29. The van der Waals surface area contributed by atoms with E-state index in [2.05, 4.69) is 15.3 Å². The minimum absolute atomic E-state index is 0.243. The number of carbonyl (C=O) groups excluding carboxylic acids is 1. The number of pyridine rings is 2. The SMILES string of the molecule is Cc1ccc(Oc2ccc(C(=O)Nc3cccnc3)cn2)cc1. The lowest BCUT2D eigenvalue weighted by molar-refractivity contribution is 0.102. The van der Waals surface area contributed by atoms with Crippen molar-refractivity contribution in [1.29, 1.82) is 0 Å². The molecule has 0 saturated heterocycles. The number of rotatable bonds is 4. The number of ether oxygens (including phenoxy) is 1. The largest absolute Gasteiger partial charge is 0.439 e. The summed E-state index contributed by atoms with van der Waals surface area (Å²) in [7, 11) is 0.